The number of ether oxygens (including phenoxy) is 1. The molecule has 5 nitrogen and oxygen atoms in total. The van der Waals surface area contributed by atoms with Crippen molar-refractivity contribution < 1.29 is 17.9 Å². The Morgan fingerprint density at radius 2 is 2.16 bits per heavy atom. The molecule has 1 saturated heterocycles. The lowest BCUT2D eigenvalue weighted by molar-refractivity contribution is -0.154. The maximum absolute atomic E-state index is 12.3. The van der Waals surface area contributed by atoms with E-state index in [0.717, 1.165) is 25.5 Å². The van der Waals surface area contributed by atoms with Gasteiger partial charge in [0, 0.05) is 38.4 Å². The summed E-state index contributed by atoms with van der Waals surface area (Å²) in [7, 11) is 1.69. The Morgan fingerprint density at radius 3 is 2.72 bits per heavy atom. The van der Waals surface area contributed by atoms with E-state index in [2.05, 4.69) is 34.0 Å². The molecule has 25 heavy (non-hydrogen) atoms. The van der Waals surface area contributed by atoms with Gasteiger partial charge in [-0.25, -0.2) is 4.98 Å². The number of nitrogens with zero attached hydrogens (tertiary/aromatic N) is 3. The van der Waals surface area contributed by atoms with Gasteiger partial charge in [0.05, 0.1) is 0 Å². The summed E-state index contributed by atoms with van der Waals surface area (Å²) in [5.41, 5.74) is 0.786. The molecule has 2 rings (SSSR count). The summed E-state index contributed by atoms with van der Waals surface area (Å²) >= 11 is 0. The minimum atomic E-state index is -4.39. The van der Waals surface area contributed by atoms with Crippen molar-refractivity contribution in [3.63, 3.8) is 0 Å². The normalized spacial score (nSPS) is 17.2. The first kappa shape index (κ1) is 21.8. The Balaban J connectivity index is 0.00000312. The third kappa shape index (κ3) is 6.87. The van der Waals surface area contributed by atoms with E-state index < -0.39 is 12.8 Å². The summed E-state index contributed by atoms with van der Waals surface area (Å²) in [5.74, 6) is 0.714. The van der Waals surface area contributed by atoms with Crippen molar-refractivity contribution in [3.8, 4) is 5.88 Å². The molecule has 0 radical (unpaired) electrons. The number of pyridine rings is 1. The minimum absolute atomic E-state index is 0. The summed E-state index contributed by atoms with van der Waals surface area (Å²) in [5, 5.41) is 3.18. The third-order valence-electron chi connectivity index (χ3n) is 3.85. The highest BCUT2D eigenvalue weighted by Gasteiger charge is 2.31. The minimum Gasteiger partial charge on any atom is -0.468 e. The van der Waals surface area contributed by atoms with Gasteiger partial charge in [-0.05, 0) is 17.9 Å². The molecule has 0 unspecified atom stereocenters. The van der Waals surface area contributed by atoms with Gasteiger partial charge in [-0.15, -0.1) is 24.0 Å². The molecule has 0 saturated carbocycles. The molecular formula is C16H24F3IN4O. The predicted molar refractivity (Wildman–Crippen MR) is 101 cm³/mol. The molecule has 9 heteroatoms. The van der Waals surface area contributed by atoms with Crippen LogP contribution < -0.4 is 10.1 Å². The van der Waals surface area contributed by atoms with E-state index in [-0.39, 0.29) is 35.3 Å². The molecule has 1 aromatic heterocycles. The average molecular weight is 472 g/mol. The molecule has 0 amide bonds. The Labute approximate surface area is 163 Å². The molecule has 2 heterocycles. The number of likely N-dealkylation sites (tertiary alicyclic amines) is 1. The average Bonchev–Trinajstić information content (AvgIpc) is 2.86. The molecule has 0 spiro atoms. The SMILES string of the molecule is CN=C(NCc1cccnc1OCC(F)(F)F)N1CCC(C)(C)C1.I. The van der Waals surface area contributed by atoms with Gasteiger partial charge in [-0.3, -0.25) is 4.99 Å². The predicted octanol–water partition coefficient (Wildman–Crippen LogP) is 3.45. The second-order valence-corrected chi connectivity index (χ2v) is 6.61. The van der Waals surface area contributed by atoms with E-state index >= 15 is 0 Å². The number of aliphatic imine (C=N–C) groups is 1. The Morgan fingerprint density at radius 1 is 1.44 bits per heavy atom. The summed E-state index contributed by atoms with van der Waals surface area (Å²) in [6, 6.07) is 3.35. The number of aromatic nitrogens is 1. The molecule has 1 aliphatic rings. The molecule has 0 aromatic carbocycles. The van der Waals surface area contributed by atoms with Crippen molar-refractivity contribution in [1.29, 1.82) is 0 Å². The number of hydrogen-bond donors (Lipinski definition) is 1. The van der Waals surface area contributed by atoms with Crippen molar-refractivity contribution in [2.24, 2.45) is 10.4 Å². The van der Waals surface area contributed by atoms with Crippen LogP contribution >= 0.6 is 24.0 Å². The van der Waals surface area contributed by atoms with E-state index in [1.165, 1.54) is 6.20 Å². The fourth-order valence-corrected chi connectivity index (χ4v) is 2.64. The van der Waals surface area contributed by atoms with Gasteiger partial charge in [0.15, 0.2) is 12.6 Å². The van der Waals surface area contributed by atoms with Gasteiger partial charge in [-0.2, -0.15) is 13.2 Å². The second kappa shape index (κ2) is 8.91. The topological polar surface area (TPSA) is 49.8 Å². The van der Waals surface area contributed by atoms with Crippen LogP contribution in [0.25, 0.3) is 0 Å². The number of guanidine groups is 1. The van der Waals surface area contributed by atoms with Gasteiger partial charge in [-0.1, -0.05) is 19.9 Å². The Bertz CT molecular complexity index is 593. The maximum Gasteiger partial charge on any atom is 0.422 e. The lowest BCUT2D eigenvalue weighted by Gasteiger charge is -2.24. The summed E-state index contributed by atoms with van der Waals surface area (Å²) in [6.07, 6.45) is -1.91. The Hall–Kier alpha value is -1.26. The number of halogens is 4. The summed E-state index contributed by atoms with van der Waals surface area (Å²) < 4.78 is 41.8. The van der Waals surface area contributed by atoms with Crippen LogP contribution in [0.5, 0.6) is 5.88 Å². The molecule has 0 aliphatic carbocycles. The largest absolute Gasteiger partial charge is 0.468 e. The summed E-state index contributed by atoms with van der Waals surface area (Å²) in [6.45, 7) is 5.12. The maximum atomic E-state index is 12.3. The van der Waals surface area contributed by atoms with Crippen LogP contribution in [0.3, 0.4) is 0 Å². The second-order valence-electron chi connectivity index (χ2n) is 6.61. The first-order chi connectivity index (χ1) is 11.2. The molecule has 0 bridgehead atoms. The lowest BCUT2D eigenvalue weighted by Crippen LogP contribution is -2.40. The van der Waals surface area contributed by atoms with E-state index in [1.807, 2.05) is 0 Å². The zero-order chi connectivity index (χ0) is 17.8. The van der Waals surface area contributed by atoms with Crippen LogP contribution in [0.1, 0.15) is 25.8 Å². The number of rotatable bonds is 4. The van der Waals surface area contributed by atoms with Crippen molar-refractivity contribution in [2.75, 3.05) is 26.7 Å². The third-order valence-corrected chi connectivity index (χ3v) is 3.85. The molecule has 1 fully saturated rings. The van der Waals surface area contributed by atoms with E-state index in [4.69, 9.17) is 4.74 Å². The monoisotopic (exact) mass is 472 g/mol. The van der Waals surface area contributed by atoms with Gasteiger partial charge < -0.3 is 15.0 Å². The van der Waals surface area contributed by atoms with Gasteiger partial charge in [0.2, 0.25) is 5.88 Å². The Kier molecular flexibility index (Phi) is 7.76. The van der Waals surface area contributed by atoms with E-state index in [9.17, 15) is 13.2 Å². The van der Waals surface area contributed by atoms with Crippen LogP contribution in [0, 0.1) is 5.41 Å². The lowest BCUT2D eigenvalue weighted by atomic mass is 9.93. The van der Waals surface area contributed by atoms with Gasteiger partial charge in [0.1, 0.15) is 0 Å². The van der Waals surface area contributed by atoms with Crippen LogP contribution in [-0.2, 0) is 6.54 Å². The smallest absolute Gasteiger partial charge is 0.422 e. The fraction of sp³-hybridized carbons (Fsp3) is 0.625. The van der Waals surface area contributed by atoms with Crippen molar-refractivity contribution in [2.45, 2.75) is 33.0 Å². The zero-order valence-corrected chi connectivity index (χ0v) is 16.9. The highest BCUT2D eigenvalue weighted by molar-refractivity contribution is 14.0. The fourth-order valence-electron chi connectivity index (χ4n) is 2.64. The van der Waals surface area contributed by atoms with Crippen LogP contribution in [0.15, 0.2) is 23.3 Å². The van der Waals surface area contributed by atoms with Crippen molar-refractivity contribution in [3.05, 3.63) is 23.9 Å². The zero-order valence-electron chi connectivity index (χ0n) is 14.6. The van der Waals surface area contributed by atoms with Crippen molar-refractivity contribution >= 4 is 29.9 Å². The molecular weight excluding hydrogens is 448 g/mol. The van der Waals surface area contributed by atoms with Gasteiger partial charge >= 0.3 is 6.18 Å². The van der Waals surface area contributed by atoms with Crippen LogP contribution in [0.2, 0.25) is 0 Å². The number of nitrogens with one attached hydrogen (secondary N) is 1. The quantitative estimate of drug-likeness (QED) is 0.415. The van der Waals surface area contributed by atoms with Crippen LogP contribution in [0.4, 0.5) is 13.2 Å². The first-order valence-corrected chi connectivity index (χ1v) is 7.79. The molecule has 1 aromatic rings. The number of alkyl halides is 3. The highest BCUT2D eigenvalue weighted by atomic mass is 127. The number of hydrogen-bond acceptors (Lipinski definition) is 3. The van der Waals surface area contributed by atoms with Crippen LogP contribution in [-0.4, -0.2) is 48.8 Å². The molecule has 1 N–H and O–H groups in total. The standard InChI is InChI=1S/C16H23F3N4O.HI/c1-15(2)6-8-23(10-15)14(20-3)22-9-12-5-4-7-21-13(12)24-11-16(17,18)19;/h4-5,7H,6,8-11H2,1-3H3,(H,20,22);1H. The molecule has 1 aliphatic heterocycles. The van der Waals surface area contributed by atoms with Gasteiger partial charge in [0.25, 0.3) is 0 Å². The van der Waals surface area contributed by atoms with Crippen molar-refractivity contribution in [1.82, 2.24) is 15.2 Å². The molecule has 142 valence electrons. The van der Waals surface area contributed by atoms with E-state index in [0.29, 0.717) is 12.1 Å². The summed E-state index contributed by atoms with van der Waals surface area (Å²) in [4.78, 5) is 10.3. The first-order valence-electron chi connectivity index (χ1n) is 7.79. The van der Waals surface area contributed by atoms with E-state index in [1.54, 1.807) is 19.2 Å². The highest BCUT2D eigenvalue weighted by Crippen LogP contribution is 2.28. The molecule has 0 atom stereocenters.